The molecule has 0 rings (SSSR count). The summed E-state index contributed by atoms with van der Waals surface area (Å²) in [5.41, 5.74) is 5.07. The molecule has 2 atom stereocenters. The highest BCUT2D eigenvalue weighted by atomic mass is 16.5. The maximum absolute atomic E-state index is 10.9. The van der Waals surface area contributed by atoms with Crippen LogP contribution in [0.5, 0.6) is 0 Å². The van der Waals surface area contributed by atoms with Gasteiger partial charge in [0.05, 0.1) is 12.5 Å². The lowest BCUT2D eigenvalue weighted by atomic mass is 9.95. The van der Waals surface area contributed by atoms with Crippen molar-refractivity contribution in [3.05, 3.63) is 0 Å². The Balaban J connectivity index is 4.44. The maximum atomic E-state index is 10.9. The fourth-order valence-electron chi connectivity index (χ4n) is 1.16. The normalized spacial score (nSPS) is 14.9. The van der Waals surface area contributed by atoms with E-state index in [4.69, 9.17) is 15.6 Å². The van der Waals surface area contributed by atoms with E-state index < -0.39 is 24.0 Å². The summed E-state index contributed by atoms with van der Waals surface area (Å²) in [6.45, 7) is 4.88. The predicted octanol–water partition coefficient (Wildman–Crippen LogP) is 0.234. The molecule has 0 saturated carbocycles. The summed E-state index contributed by atoms with van der Waals surface area (Å²) in [4.78, 5) is 21.6. The van der Waals surface area contributed by atoms with Gasteiger partial charge in [0.1, 0.15) is 6.10 Å². The average molecular weight is 203 g/mol. The van der Waals surface area contributed by atoms with Crippen molar-refractivity contribution in [2.45, 2.75) is 26.9 Å². The third kappa shape index (κ3) is 3.74. The highest BCUT2D eigenvalue weighted by Crippen LogP contribution is 2.17. The van der Waals surface area contributed by atoms with E-state index in [1.807, 2.05) is 0 Å². The molecule has 2 unspecified atom stereocenters. The Morgan fingerprint density at radius 1 is 1.36 bits per heavy atom. The summed E-state index contributed by atoms with van der Waals surface area (Å²) >= 11 is 0. The SMILES string of the molecule is CC(C)C(OC(=O)CN)C(C)C(=O)O. The van der Waals surface area contributed by atoms with E-state index in [9.17, 15) is 9.59 Å². The van der Waals surface area contributed by atoms with Crippen LogP contribution >= 0.6 is 0 Å². The van der Waals surface area contributed by atoms with Crippen LogP contribution in [0.25, 0.3) is 0 Å². The molecule has 0 aliphatic heterocycles. The molecule has 0 saturated heterocycles. The first-order chi connectivity index (χ1) is 6.40. The van der Waals surface area contributed by atoms with Crippen LogP contribution in [0.1, 0.15) is 20.8 Å². The summed E-state index contributed by atoms with van der Waals surface area (Å²) < 4.78 is 4.94. The van der Waals surface area contributed by atoms with Crippen molar-refractivity contribution in [1.29, 1.82) is 0 Å². The number of carboxylic acid groups (broad SMARTS) is 1. The van der Waals surface area contributed by atoms with Crippen LogP contribution in [0.2, 0.25) is 0 Å². The van der Waals surface area contributed by atoms with Gasteiger partial charge in [-0.25, -0.2) is 0 Å². The lowest BCUT2D eigenvalue weighted by Crippen LogP contribution is -2.36. The molecule has 0 aromatic carbocycles. The molecule has 82 valence electrons. The minimum Gasteiger partial charge on any atom is -0.481 e. The van der Waals surface area contributed by atoms with Gasteiger partial charge in [-0.15, -0.1) is 0 Å². The largest absolute Gasteiger partial charge is 0.481 e. The lowest BCUT2D eigenvalue weighted by Gasteiger charge is -2.24. The number of rotatable bonds is 5. The van der Waals surface area contributed by atoms with Gasteiger partial charge in [0.25, 0.3) is 0 Å². The van der Waals surface area contributed by atoms with E-state index in [1.165, 1.54) is 6.92 Å². The highest BCUT2D eigenvalue weighted by Gasteiger charge is 2.29. The van der Waals surface area contributed by atoms with Crippen molar-refractivity contribution in [3.63, 3.8) is 0 Å². The van der Waals surface area contributed by atoms with Crippen LogP contribution in [0.15, 0.2) is 0 Å². The van der Waals surface area contributed by atoms with Crippen LogP contribution in [-0.2, 0) is 14.3 Å². The zero-order valence-electron chi connectivity index (χ0n) is 8.69. The van der Waals surface area contributed by atoms with Gasteiger partial charge >= 0.3 is 11.9 Å². The minimum absolute atomic E-state index is 0.0448. The molecule has 3 N–H and O–H groups in total. The van der Waals surface area contributed by atoms with Crippen LogP contribution < -0.4 is 5.73 Å². The van der Waals surface area contributed by atoms with Crippen molar-refractivity contribution >= 4 is 11.9 Å². The lowest BCUT2D eigenvalue weighted by molar-refractivity contribution is -0.159. The Labute approximate surface area is 83.2 Å². The molecule has 0 radical (unpaired) electrons. The van der Waals surface area contributed by atoms with Crippen LogP contribution in [0.3, 0.4) is 0 Å². The number of carboxylic acids is 1. The third-order valence-corrected chi connectivity index (χ3v) is 1.97. The first-order valence-corrected chi connectivity index (χ1v) is 4.52. The fourth-order valence-corrected chi connectivity index (χ4v) is 1.16. The number of hydrogen-bond acceptors (Lipinski definition) is 4. The maximum Gasteiger partial charge on any atom is 0.320 e. The zero-order chi connectivity index (χ0) is 11.3. The number of carbonyl (C=O) groups is 2. The van der Waals surface area contributed by atoms with Gasteiger partial charge in [0.15, 0.2) is 0 Å². The number of hydrogen-bond donors (Lipinski definition) is 2. The Morgan fingerprint density at radius 2 is 1.86 bits per heavy atom. The number of esters is 1. The summed E-state index contributed by atoms with van der Waals surface area (Å²) in [6, 6.07) is 0. The van der Waals surface area contributed by atoms with Gasteiger partial charge in [0, 0.05) is 0 Å². The number of nitrogens with two attached hydrogens (primary N) is 1. The van der Waals surface area contributed by atoms with Crippen LogP contribution in [-0.4, -0.2) is 29.7 Å². The number of aliphatic carboxylic acids is 1. The molecule has 0 aromatic heterocycles. The fraction of sp³-hybridized carbons (Fsp3) is 0.778. The van der Waals surface area contributed by atoms with E-state index in [1.54, 1.807) is 13.8 Å². The zero-order valence-corrected chi connectivity index (χ0v) is 8.69. The first-order valence-electron chi connectivity index (χ1n) is 4.52. The molecule has 0 amide bonds. The van der Waals surface area contributed by atoms with Gasteiger partial charge in [-0.05, 0) is 12.8 Å². The van der Waals surface area contributed by atoms with Crippen molar-refractivity contribution in [2.75, 3.05) is 6.54 Å². The van der Waals surface area contributed by atoms with Crippen LogP contribution in [0.4, 0.5) is 0 Å². The van der Waals surface area contributed by atoms with Crippen molar-refractivity contribution < 1.29 is 19.4 Å². The Morgan fingerprint density at radius 3 is 2.14 bits per heavy atom. The molecule has 5 nitrogen and oxygen atoms in total. The summed E-state index contributed by atoms with van der Waals surface area (Å²) in [5.74, 6) is -2.31. The van der Waals surface area contributed by atoms with Gasteiger partial charge in [0.2, 0.25) is 0 Å². The molecule has 5 heteroatoms. The molecule has 0 bridgehead atoms. The Kier molecular flexibility index (Phi) is 5.15. The predicted molar refractivity (Wildman–Crippen MR) is 50.6 cm³/mol. The molecule has 0 aromatic rings. The van der Waals surface area contributed by atoms with Gasteiger partial charge in [-0.3, -0.25) is 9.59 Å². The monoisotopic (exact) mass is 203 g/mol. The van der Waals surface area contributed by atoms with E-state index in [-0.39, 0.29) is 12.5 Å². The summed E-state index contributed by atoms with van der Waals surface area (Å²) in [5, 5.41) is 8.76. The quantitative estimate of drug-likeness (QED) is 0.624. The smallest absolute Gasteiger partial charge is 0.320 e. The topological polar surface area (TPSA) is 89.6 Å². The second kappa shape index (κ2) is 5.59. The van der Waals surface area contributed by atoms with Gasteiger partial charge < -0.3 is 15.6 Å². The van der Waals surface area contributed by atoms with Crippen molar-refractivity contribution in [3.8, 4) is 0 Å². The molecule has 0 aliphatic carbocycles. The van der Waals surface area contributed by atoms with Gasteiger partial charge in [-0.1, -0.05) is 13.8 Å². The minimum atomic E-state index is -0.978. The molecular formula is C9H17NO4. The van der Waals surface area contributed by atoms with Crippen molar-refractivity contribution in [2.24, 2.45) is 17.6 Å². The highest BCUT2D eigenvalue weighted by molar-refractivity contribution is 5.74. The van der Waals surface area contributed by atoms with E-state index in [0.29, 0.717) is 0 Å². The standard InChI is InChI=1S/C9H17NO4/c1-5(2)8(6(3)9(12)13)14-7(11)4-10/h5-6,8H,4,10H2,1-3H3,(H,12,13). The molecule has 0 spiro atoms. The Hall–Kier alpha value is -1.10. The molecule has 0 heterocycles. The second-order valence-corrected chi connectivity index (χ2v) is 3.53. The van der Waals surface area contributed by atoms with E-state index in [0.717, 1.165) is 0 Å². The summed E-state index contributed by atoms with van der Waals surface area (Å²) in [6.07, 6.45) is -0.622. The third-order valence-electron chi connectivity index (χ3n) is 1.97. The second-order valence-electron chi connectivity index (χ2n) is 3.53. The van der Waals surface area contributed by atoms with E-state index in [2.05, 4.69) is 0 Å². The molecule has 0 fully saturated rings. The number of ether oxygens (including phenoxy) is 1. The van der Waals surface area contributed by atoms with Gasteiger partial charge in [-0.2, -0.15) is 0 Å². The van der Waals surface area contributed by atoms with Crippen LogP contribution in [0, 0.1) is 11.8 Å². The van der Waals surface area contributed by atoms with Crippen molar-refractivity contribution in [1.82, 2.24) is 0 Å². The molecule has 0 aliphatic rings. The molecule has 14 heavy (non-hydrogen) atoms. The number of carbonyl (C=O) groups excluding carboxylic acids is 1. The summed E-state index contributed by atoms with van der Waals surface area (Å²) in [7, 11) is 0. The Bertz CT molecular complexity index is 215. The average Bonchev–Trinajstić information content (AvgIpc) is 2.11. The molecular weight excluding hydrogens is 186 g/mol. The van der Waals surface area contributed by atoms with E-state index >= 15 is 0 Å². The first kappa shape index (κ1) is 12.9.